The highest BCUT2D eigenvalue weighted by Crippen LogP contribution is 2.74. The lowest BCUT2D eigenvalue weighted by Gasteiger charge is -2.69. The number of carbonyl (C=O) groups is 2. The van der Waals surface area contributed by atoms with Crippen molar-refractivity contribution in [3.05, 3.63) is 22.8 Å². The van der Waals surface area contributed by atoms with Gasteiger partial charge in [0.15, 0.2) is 0 Å². The van der Waals surface area contributed by atoms with E-state index < -0.39 is 24.1 Å². The number of rotatable bonds is 5. The number of carboxylic acid groups (broad SMARTS) is 1. The van der Waals surface area contributed by atoms with Crippen molar-refractivity contribution in [1.29, 1.82) is 0 Å². The molecule has 1 unspecified atom stereocenters. The Bertz CT molecular complexity index is 994. The molecule has 0 bridgehead atoms. The summed E-state index contributed by atoms with van der Waals surface area (Å²) in [6.07, 6.45) is 6.22. The van der Waals surface area contributed by atoms with Crippen LogP contribution in [0.5, 0.6) is 0 Å². The van der Waals surface area contributed by atoms with Gasteiger partial charge >= 0.3 is 11.9 Å². The molecule has 6 heteroatoms. The number of ether oxygens (including phenoxy) is 1. The van der Waals surface area contributed by atoms with Crippen LogP contribution in [0.3, 0.4) is 0 Å². The maximum Gasteiger partial charge on any atom is 0.331 e. The Morgan fingerprint density at radius 2 is 1.70 bits per heavy atom. The van der Waals surface area contributed by atoms with Crippen molar-refractivity contribution < 1.29 is 29.6 Å². The number of allylic oxidation sites excluding steroid dienone is 2. The van der Waals surface area contributed by atoms with Gasteiger partial charge in [-0.1, -0.05) is 39.3 Å². The zero-order chi connectivity index (χ0) is 27.5. The van der Waals surface area contributed by atoms with E-state index in [0.717, 1.165) is 36.8 Å². The number of fused-ring (bicyclic) bond motifs is 5. The zero-order valence-electron chi connectivity index (χ0n) is 23.8. The van der Waals surface area contributed by atoms with Gasteiger partial charge in [0.05, 0.1) is 12.2 Å². The summed E-state index contributed by atoms with van der Waals surface area (Å²) in [7, 11) is 0. The molecule has 4 rings (SSSR count). The van der Waals surface area contributed by atoms with Crippen LogP contribution < -0.4 is 0 Å². The van der Waals surface area contributed by atoms with E-state index in [0.29, 0.717) is 37.2 Å². The SMILES string of the molecule is CC(=O)O[C@H]1C[C@@]2(C)[C@@H](C[C@@H](O)[C@@H]3C2(C)CC[C@H]2[C@H](C)[C@H](O)CC[C@]32C)/C1=C(/CCC=C(C)C)C(=O)O. The van der Waals surface area contributed by atoms with Crippen molar-refractivity contribution in [2.75, 3.05) is 0 Å². The van der Waals surface area contributed by atoms with Crippen LogP contribution in [0, 0.1) is 39.9 Å². The van der Waals surface area contributed by atoms with Gasteiger partial charge in [-0.25, -0.2) is 4.79 Å². The van der Waals surface area contributed by atoms with Crippen molar-refractivity contribution >= 4 is 11.9 Å². The second-order valence-corrected chi connectivity index (χ2v) is 13.6. The van der Waals surface area contributed by atoms with E-state index in [1.54, 1.807) is 0 Å². The molecule has 4 saturated carbocycles. The van der Waals surface area contributed by atoms with E-state index in [4.69, 9.17) is 4.74 Å². The van der Waals surface area contributed by atoms with Crippen LogP contribution in [0.1, 0.15) is 99.8 Å². The first-order valence-electron chi connectivity index (χ1n) is 14.3. The molecule has 4 aliphatic rings. The molecule has 0 aromatic rings. The van der Waals surface area contributed by atoms with Gasteiger partial charge in [0, 0.05) is 12.5 Å². The molecule has 10 atom stereocenters. The molecule has 4 fully saturated rings. The van der Waals surface area contributed by atoms with E-state index in [2.05, 4.69) is 27.7 Å². The van der Waals surface area contributed by atoms with Crippen LogP contribution in [-0.2, 0) is 14.3 Å². The molecule has 4 aliphatic carbocycles. The highest BCUT2D eigenvalue weighted by Gasteiger charge is 2.70. The van der Waals surface area contributed by atoms with Gasteiger partial charge in [-0.15, -0.1) is 0 Å². The van der Waals surface area contributed by atoms with Gasteiger partial charge in [-0.2, -0.15) is 0 Å². The third-order valence-electron chi connectivity index (χ3n) is 11.6. The molecular weight excluding hydrogens is 468 g/mol. The molecule has 37 heavy (non-hydrogen) atoms. The van der Waals surface area contributed by atoms with Crippen molar-refractivity contribution in [1.82, 2.24) is 0 Å². The van der Waals surface area contributed by atoms with E-state index in [9.17, 15) is 24.9 Å². The Labute approximate surface area is 222 Å². The van der Waals surface area contributed by atoms with Crippen LogP contribution >= 0.6 is 0 Å². The van der Waals surface area contributed by atoms with E-state index in [1.165, 1.54) is 6.92 Å². The summed E-state index contributed by atoms with van der Waals surface area (Å²) in [5, 5.41) is 32.9. The summed E-state index contributed by atoms with van der Waals surface area (Å²) in [6, 6.07) is 0. The lowest BCUT2D eigenvalue weighted by atomic mass is 9.36. The Kier molecular flexibility index (Phi) is 7.53. The second kappa shape index (κ2) is 9.82. The third kappa shape index (κ3) is 4.40. The highest BCUT2D eigenvalue weighted by molar-refractivity contribution is 5.88. The summed E-state index contributed by atoms with van der Waals surface area (Å²) >= 11 is 0. The number of aliphatic hydroxyl groups excluding tert-OH is 2. The third-order valence-corrected chi connectivity index (χ3v) is 11.6. The molecule has 3 N–H and O–H groups in total. The molecule has 0 spiro atoms. The molecule has 0 aromatic heterocycles. The first-order chi connectivity index (χ1) is 17.2. The van der Waals surface area contributed by atoms with Crippen LogP contribution in [0.4, 0.5) is 0 Å². The van der Waals surface area contributed by atoms with Gasteiger partial charge in [0.2, 0.25) is 0 Å². The number of aliphatic carboxylic acids is 1. The smallest absolute Gasteiger partial charge is 0.331 e. The molecule has 208 valence electrons. The molecule has 0 saturated heterocycles. The minimum atomic E-state index is -0.953. The topological polar surface area (TPSA) is 104 Å². The standard InChI is InChI=1S/C31H48O6/c1-17(2)9-8-10-20(28(35)36)26-22-15-24(34)27-29(5)13-12-23(33)18(3)21(29)11-14-30(27,6)31(22,7)16-25(26)37-19(4)32/h9,18,21-25,27,33-34H,8,10-16H2,1-7H3,(H,35,36)/b26-20+/t18-,21-,22-,23+,24+,25-,27-,29-,30?,31-/m0/s1. The monoisotopic (exact) mass is 516 g/mol. The average molecular weight is 517 g/mol. The summed E-state index contributed by atoms with van der Waals surface area (Å²) in [5.74, 6) is -0.909. The van der Waals surface area contributed by atoms with E-state index >= 15 is 0 Å². The van der Waals surface area contributed by atoms with Crippen LogP contribution in [-0.4, -0.2) is 45.6 Å². The summed E-state index contributed by atoms with van der Waals surface area (Å²) in [6.45, 7) is 14.5. The first-order valence-corrected chi connectivity index (χ1v) is 14.3. The summed E-state index contributed by atoms with van der Waals surface area (Å²) in [4.78, 5) is 24.8. The van der Waals surface area contributed by atoms with Crippen molar-refractivity contribution in [2.24, 2.45) is 39.9 Å². The maximum absolute atomic E-state index is 12.6. The maximum atomic E-state index is 12.6. The zero-order valence-corrected chi connectivity index (χ0v) is 23.8. The first kappa shape index (κ1) is 28.4. The molecule has 0 aliphatic heterocycles. The number of carboxylic acids is 1. The van der Waals surface area contributed by atoms with E-state index in [1.807, 2.05) is 19.9 Å². The number of aliphatic hydroxyl groups is 2. The Balaban J connectivity index is 1.82. The van der Waals surface area contributed by atoms with E-state index in [-0.39, 0.29) is 40.1 Å². The molecule has 0 aromatic carbocycles. The fraction of sp³-hybridized carbons (Fsp3) is 0.806. The minimum Gasteiger partial charge on any atom is -0.478 e. The predicted molar refractivity (Wildman–Crippen MR) is 143 cm³/mol. The summed E-state index contributed by atoms with van der Waals surface area (Å²) < 4.78 is 5.87. The highest BCUT2D eigenvalue weighted by atomic mass is 16.5. The van der Waals surface area contributed by atoms with Crippen molar-refractivity contribution in [2.45, 2.75) is 118 Å². The van der Waals surface area contributed by atoms with Crippen molar-refractivity contribution in [3.8, 4) is 0 Å². The normalized spacial score (nSPS) is 46.2. The van der Waals surface area contributed by atoms with Gasteiger partial charge in [-0.3, -0.25) is 4.79 Å². The van der Waals surface area contributed by atoms with Crippen molar-refractivity contribution in [3.63, 3.8) is 0 Å². The molecule has 0 amide bonds. The number of hydrogen-bond acceptors (Lipinski definition) is 5. The predicted octanol–water partition coefficient (Wildman–Crippen LogP) is 5.67. The Morgan fingerprint density at radius 3 is 2.30 bits per heavy atom. The fourth-order valence-electron chi connectivity index (χ4n) is 9.79. The lowest BCUT2D eigenvalue weighted by Crippen LogP contribution is -2.65. The quantitative estimate of drug-likeness (QED) is 0.247. The van der Waals surface area contributed by atoms with Crippen LogP contribution in [0.2, 0.25) is 0 Å². The number of hydrogen-bond donors (Lipinski definition) is 3. The van der Waals surface area contributed by atoms with Gasteiger partial charge in [-0.05, 0) is 111 Å². The summed E-state index contributed by atoms with van der Waals surface area (Å²) in [5.41, 5.74) is 1.57. The van der Waals surface area contributed by atoms with Gasteiger partial charge < -0.3 is 20.1 Å². The Hall–Kier alpha value is -1.66. The molecular formula is C31H48O6. The van der Waals surface area contributed by atoms with Crippen LogP contribution in [0.15, 0.2) is 22.8 Å². The minimum absolute atomic E-state index is 0.0474. The fourth-order valence-corrected chi connectivity index (χ4v) is 9.79. The lowest BCUT2D eigenvalue weighted by molar-refractivity contribution is -0.234. The van der Waals surface area contributed by atoms with Gasteiger partial charge in [0.25, 0.3) is 0 Å². The largest absolute Gasteiger partial charge is 0.478 e. The molecule has 6 nitrogen and oxygen atoms in total. The molecule has 0 radical (unpaired) electrons. The molecule has 0 heterocycles. The van der Waals surface area contributed by atoms with Crippen LogP contribution in [0.25, 0.3) is 0 Å². The Morgan fingerprint density at radius 1 is 1.03 bits per heavy atom. The average Bonchev–Trinajstić information content (AvgIpc) is 3.05. The second-order valence-electron chi connectivity index (χ2n) is 13.6. The number of carbonyl (C=O) groups excluding carboxylic acids is 1. The number of esters is 1. The van der Waals surface area contributed by atoms with Gasteiger partial charge in [0.1, 0.15) is 6.10 Å².